The van der Waals surface area contributed by atoms with Gasteiger partial charge in [-0.05, 0) is 38.5 Å². The largest absolute Gasteiger partial charge is 0.472 e. The molecule has 0 rings (SSSR count). The Morgan fingerprint density at radius 1 is 0.492 bits per heavy atom. The summed E-state index contributed by atoms with van der Waals surface area (Å²) in [6.45, 7) is 3.60. The van der Waals surface area contributed by atoms with Gasteiger partial charge in [0.25, 0.3) is 0 Å². The molecular formula is C51H100NO8P. The van der Waals surface area contributed by atoms with E-state index >= 15 is 0 Å². The SMILES string of the molecule is CCCCCCCC/C=C\CCCCCCCCCC(=O)OCC(O)COP(=O)(O)OCCNC(=O)CCCCCCCCCCCCCCCCCCCCCCCCC. The van der Waals surface area contributed by atoms with E-state index in [0.717, 1.165) is 38.5 Å². The van der Waals surface area contributed by atoms with Crippen LogP contribution in [0.4, 0.5) is 0 Å². The Morgan fingerprint density at radius 2 is 0.836 bits per heavy atom. The van der Waals surface area contributed by atoms with Crippen molar-refractivity contribution in [3.05, 3.63) is 12.2 Å². The molecule has 0 fully saturated rings. The van der Waals surface area contributed by atoms with E-state index in [1.165, 1.54) is 205 Å². The van der Waals surface area contributed by atoms with Gasteiger partial charge in [0.2, 0.25) is 5.91 Å². The first-order valence-electron chi connectivity index (χ1n) is 26.2. The number of allylic oxidation sites excluding steroid dienone is 2. The summed E-state index contributed by atoms with van der Waals surface area (Å²) in [7, 11) is -4.42. The topological polar surface area (TPSA) is 131 Å². The maximum atomic E-state index is 12.1. The third kappa shape index (κ3) is 49.6. The minimum absolute atomic E-state index is 0.0866. The van der Waals surface area contributed by atoms with Crippen LogP contribution >= 0.6 is 7.82 Å². The second kappa shape index (κ2) is 48.2. The predicted octanol–water partition coefficient (Wildman–Crippen LogP) is 15.3. The van der Waals surface area contributed by atoms with Gasteiger partial charge in [0, 0.05) is 19.4 Å². The molecule has 0 radical (unpaired) electrons. The summed E-state index contributed by atoms with van der Waals surface area (Å²) in [5, 5.41) is 12.8. The molecular weight excluding hydrogens is 786 g/mol. The number of nitrogens with one attached hydrogen (secondary N) is 1. The number of unbranched alkanes of at least 4 members (excludes halogenated alkanes) is 35. The summed E-state index contributed by atoms with van der Waals surface area (Å²) in [5.74, 6) is -0.507. The molecule has 0 aliphatic heterocycles. The normalized spacial score (nSPS) is 13.2. The van der Waals surface area contributed by atoms with E-state index in [0.29, 0.717) is 6.42 Å². The van der Waals surface area contributed by atoms with Crippen molar-refractivity contribution in [2.45, 2.75) is 277 Å². The lowest BCUT2D eigenvalue weighted by molar-refractivity contribution is -0.147. The average Bonchev–Trinajstić information content (AvgIpc) is 3.25. The van der Waals surface area contributed by atoms with Crippen LogP contribution in [0.15, 0.2) is 12.2 Å². The van der Waals surface area contributed by atoms with Crippen LogP contribution < -0.4 is 5.32 Å². The fourth-order valence-electron chi connectivity index (χ4n) is 7.73. The number of ether oxygens (including phenoxy) is 1. The molecule has 0 bridgehead atoms. The van der Waals surface area contributed by atoms with E-state index in [2.05, 4.69) is 31.3 Å². The van der Waals surface area contributed by atoms with E-state index in [9.17, 15) is 24.2 Å². The van der Waals surface area contributed by atoms with Crippen molar-refractivity contribution >= 4 is 19.7 Å². The van der Waals surface area contributed by atoms with Crippen LogP contribution in [0.25, 0.3) is 0 Å². The third-order valence-corrected chi connectivity index (χ3v) is 12.7. The molecule has 0 aromatic rings. The van der Waals surface area contributed by atoms with Gasteiger partial charge in [-0.2, -0.15) is 0 Å². The Labute approximate surface area is 377 Å². The molecule has 0 aliphatic rings. The minimum atomic E-state index is -4.42. The summed E-state index contributed by atoms with van der Waals surface area (Å²) in [6.07, 6.45) is 53.0. The lowest BCUT2D eigenvalue weighted by Crippen LogP contribution is -2.27. The van der Waals surface area contributed by atoms with Crippen molar-refractivity contribution in [1.29, 1.82) is 0 Å². The van der Waals surface area contributed by atoms with E-state index in [4.69, 9.17) is 13.8 Å². The van der Waals surface area contributed by atoms with E-state index in [1.54, 1.807) is 0 Å². The van der Waals surface area contributed by atoms with Crippen molar-refractivity contribution in [2.75, 3.05) is 26.4 Å². The Kier molecular flexibility index (Phi) is 47.2. The zero-order valence-corrected chi connectivity index (χ0v) is 41.0. The molecule has 0 aromatic heterocycles. The number of carbonyl (C=O) groups excluding carboxylic acids is 2. The summed E-state index contributed by atoms with van der Waals surface area (Å²) < 4.78 is 27.0. The van der Waals surface area contributed by atoms with Crippen LogP contribution in [-0.2, 0) is 27.9 Å². The highest BCUT2D eigenvalue weighted by Crippen LogP contribution is 2.42. The van der Waals surface area contributed by atoms with Gasteiger partial charge in [-0.25, -0.2) is 4.57 Å². The van der Waals surface area contributed by atoms with Crippen LogP contribution in [0.2, 0.25) is 0 Å². The number of amides is 1. The molecule has 2 unspecified atom stereocenters. The predicted molar refractivity (Wildman–Crippen MR) is 257 cm³/mol. The molecule has 0 saturated heterocycles. The first-order valence-corrected chi connectivity index (χ1v) is 27.7. The monoisotopic (exact) mass is 886 g/mol. The Morgan fingerprint density at radius 3 is 1.23 bits per heavy atom. The smallest absolute Gasteiger partial charge is 0.463 e. The summed E-state index contributed by atoms with van der Waals surface area (Å²) in [4.78, 5) is 34.1. The number of phosphoric acid groups is 1. The van der Waals surface area contributed by atoms with Crippen LogP contribution in [0.5, 0.6) is 0 Å². The van der Waals surface area contributed by atoms with Crippen molar-refractivity contribution in [3.63, 3.8) is 0 Å². The van der Waals surface area contributed by atoms with Crippen LogP contribution in [0.3, 0.4) is 0 Å². The summed E-state index contributed by atoms with van der Waals surface area (Å²) in [6, 6.07) is 0. The lowest BCUT2D eigenvalue weighted by Gasteiger charge is -2.15. The number of aliphatic hydroxyl groups excluding tert-OH is 1. The molecule has 2 atom stereocenters. The molecule has 0 aromatic carbocycles. The van der Waals surface area contributed by atoms with Crippen molar-refractivity contribution in [1.82, 2.24) is 5.32 Å². The highest BCUT2D eigenvalue weighted by molar-refractivity contribution is 7.47. The molecule has 0 heterocycles. The van der Waals surface area contributed by atoms with E-state index in [1.807, 2.05) is 0 Å². The van der Waals surface area contributed by atoms with Crippen molar-refractivity contribution in [3.8, 4) is 0 Å². The maximum Gasteiger partial charge on any atom is 0.472 e. The molecule has 0 spiro atoms. The molecule has 362 valence electrons. The minimum Gasteiger partial charge on any atom is -0.463 e. The molecule has 61 heavy (non-hydrogen) atoms. The first kappa shape index (κ1) is 59.8. The molecule has 9 nitrogen and oxygen atoms in total. The molecule has 0 aliphatic carbocycles. The van der Waals surface area contributed by atoms with Gasteiger partial charge in [-0.1, -0.05) is 231 Å². The maximum absolute atomic E-state index is 12.1. The second-order valence-electron chi connectivity index (χ2n) is 17.9. The summed E-state index contributed by atoms with van der Waals surface area (Å²) in [5.41, 5.74) is 0. The standard InChI is InChI=1S/C51H100NO8P/c1-3-5-7-9-11-13-15-17-19-21-22-23-24-25-26-28-29-31-33-35-37-39-41-43-50(54)52-45-46-59-61(56,57)60-48-49(53)47-58-51(55)44-42-40-38-36-34-32-30-27-20-18-16-14-12-10-8-6-4-2/h18,20,49,53H,3-17,19,21-48H2,1-2H3,(H,52,54)(H,56,57)/b20-18-. The highest BCUT2D eigenvalue weighted by atomic mass is 31.2. The van der Waals surface area contributed by atoms with Crippen LogP contribution in [0, 0.1) is 0 Å². The number of carbonyl (C=O) groups is 2. The number of rotatable bonds is 50. The first-order chi connectivity index (χ1) is 29.8. The summed E-state index contributed by atoms with van der Waals surface area (Å²) >= 11 is 0. The van der Waals surface area contributed by atoms with Gasteiger partial charge < -0.3 is 20.1 Å². The van der Waals surface area contributed by atoms with Crippen molar-refractivity contribution in [2.24, 2.45) is 0 Å². The number of hydrogen-bond donors (Lipinski definition) is 3. The van der Waals surface area contributed by atoms with Crippen LogP contribution in [-0.4, -0.2) is 54.3 Å². The number of hydrogen-bond acceptors (Lipinski definition) is 7. The van der Waals surface area contributed by atoms with Gasteiger partial charge in [-0.3, -0.25) is 18.6 Å². The fraction of sp³-hybridized carbons (Fsp3) is 0.922. The number of aliphatic hydroxyl groups is 1. The molecule has 3 N–H and O–H groups in total. The van der Waals surface area contributed by atoms with Gasteiger partial charge in [-0.15, -0.1) is 0 Å². The Balaban J connectivity index is 3.50. The average molecular weight is 886 g/mol. The number of phosphoric ester groups is 1. The zero-order valence-electron chi connectivity index (χ0n) is 40.1. The Hall–Kier alpha value is -1.25. The molecule has 1 amide bonds. The lowest BCUT2D eigenvalue weighted by atomic mass is 10.0. The van der Waals surface area contributed by atoms with Gasteiger partial charge in [0.15, 0.2) is 0 Å². The second-order valence-corrected chi connectivity index (χ2v) is 19.3. The zero-order chi connectivity index (χ0) is 44.6. The van der Waals surface area contributed by atoms with E-state index < -0.39 is 26.5 Å². The molecule has 10 heteroatoms. The highest BCUT2D eigenvalue weighted by Gasteiger charge is 2.23. The van der Waals surface area contributed by atoms with E-state index in [-0.39, 0.29) is 32.1 Å². The van der Waals surface area contributed by atoms with Gasteiger partial charge >= 0.3 is 13.8 Å². The quantitative estimate of drug-likeness (QED) is 0.0238. The number of esters is 1. The van der Waals surface area contributed by atoms with Gasteiger partial charge in [0.05, 0.1) is 13.2 Å². The fourth-order valence-corrected chi connectivity index (χ4v) is 8.49. The Bertz CT molecular complexity index is 1010. The van der Waals surface area contributed by atoms with Gasteiger partial charge in [0.1, 0.15) is 12.7 Å². The third-order valence-electron chi connectivity index (χ3n) is 11.7. The van der Waals surface area contributed by atoms with Crippen molar-refractivity contribution < 1.29 is 37.9 Å². The molecule has 0 saturated carbocycles. The van der Waals surface area contributed by atoms with Crippen LogP contribution in [0.1, 0.15) is 271 Å².